The molecule has 0 aliphatic carbocycles. The molecule has 0 aliphatic heterocycles. The zero-order chi connectivity index (χ0) is 27.4. The van der Waals surface area contributed by atoms with Crippen LogP contribution in [0.25, 0.3) is 15.9 Å². The number of amides is 2. The number of aromatic nitrogens is 2. The van der Waals surface area contributed by atoms with Gasteiger partial charge in [0, 0.05) is 0 Å². The first-order chi connectivity index (χ1) is 18.9. The minimum absolute atomic E-state index is 0.118. The van der Waals surface area contributed by atoms with E-state index in [-0.39, 0.29) is 25.4 Å². The summed E-state index contributed by atoms with van der Waals surface area (Å²) in [6, 6.07) is 18.7. The number of ether oxygens (including phenoxy) is 1. The van der Waals surface area contributed by atoms with Crippen LogP contribution in [0.2, 0.25) is 0 Å². The van der Waals surface area contributed by atoms with Crippen LogP contribution in [0, 0.1) is 0 Å². The Balaban J connectivity index is 1.39. The largest absolute Gasteiger partial charge is 0.495 e. The van der Waals surface area contributed by atoms with Crippen molar-refractivity contribution in [3.05, 3.63) is 111 Å². The quantitative estimate of drug-likeness (QED) is 0.293. The number of carbonyl (C=O) groups excluding carboxylic acids is 2. The number of nitrogens with one attached hydrogen (secondary N) is 2. The molecule has 0 bridgehead atoms. The highest BCUT2D eigenvalue weighted by molar-refractivity contribution is 7.17. The second-order valence-electron chi connectivity index (χ2n) is 8.59. The van der Waals surface area contributed by atoms with E-state index < -0.39 is 17.2 Å². The zero-order valence-corrected chi connectivity index (χ0v) is 21.7. The second-order valence-corrected chi connectivity index (χ2v) is 9.51. The van der Waals surface area contributed by atoms with Gasteiger partial charge >= 0.3 is 5.69 Å². The monoisotopic (exact) mass is 544 g/mol. The van der Waals surface area contributed by atoms with E-state index in [0.717, 1.165) is 4.57 Å². The van der Waals surface area contributed by atoms with Gasteiger partial charge in [-0.2, -0.15) is 0 Å². The number of benzene rings is 2. The summed E-state index contributed by atoms with van der Waals surface area (Å²) in [7, 11) is 1.50. The SMILES string of the molecule is COc1ccccc1NC(=O)Cn1c(=O)n(-c2ccc(CC(=O)NCc3ccco3)cc2)c(=O)c2sccc21. The van der Waals surface area contributed by atoms with Crippen LogP contribution >= 0.6 is 11.3 Å². The van der Waals surface area contributed by atoms with Gasteiger partial charge in [-0.3, -0.25) is 19.0 Å². The smallest absolute Gasteiger partial charge is 0.336 e. The van der Waals surface area contributed by atoms with Gasteiger partial charge in [-0.1, -0.05) is 24.3 Å². The fraction of sp³-hybridized carbons (Fsp3) is 0.143. The van der Waals surface area contributed by atoms with Gasteiger partial charge in [0.1, 0.15) is 22.8 Å². The van der Waals surface area contributed by atoms with E-state index in [4.69, 9.17) is 9.15 Å². The fourth-order valence-electron chi connectivity index (χ4n) is 4.16. The van der Waals surface area contributed by atoms with Gasteiger partial charge in [0.25, 0.3) is 5.56 Å². The normalized spacial score (nSPS) is 10.9. The van der Waals surface area contributed by atoms with Crippen molar-refractivity contribution in [1.82, 2.24) is 14.5 Å². The molecule has 5 aromatic rings. The standard InChI is InChI=1S/C28H24N4O6S/c1-37-23-7-3-2-6-21(23)30-25(34)17-31-22-12-14-39-26(22)27(35)32(28(31)36)19-10-8-18(9-11-19)15-24(33)29-16-20-5-4-13-38-20/h2-14H,15-17H2,1H3,(H,29,33)(H,30,34). The first-order valence-corrected chi connectivity index (χ1v) is 12.9. The lowest BCUT2D eigenvalue weighted by Crippen LogP contribution is -2.40. The van der Waals surface area contributed by atoms with Crippen LogP contribution in [0.15, 0.2) is 92.4 Å². The lowest BCUT2D eigenvalue weighted by atomic mass is 10.1. The van der Waals surface area contributed by atoms with Crippen LogP contribution in [0.3, 0.4) is 0 Å². The molecule has 0 radical (unpaired) electrons. The van der Waals surface area contributed by atoms with Crippen LogP contribution in [0.1, 0.15) is 11.3 Å². The minimum atomic E-state index is -0.648. The number of hydrogen-bond acceptors (Lipinski definition) is 7. The number of rotatable bonds is 9. The van der Waals surface area contributed by atoms with Crippen molar-refractivity contribution in [3.63, 3.8) is 0 Å². The Bertz CT molecular complexity index is 1750. The third-order valence-corrected chi connectivity index (χ3v) is 6.93. The second kappa shape index (κ2) is 11.2. The van der Waals surface area contributed by atoms with E-state index in [2.05, 4.69) is 10.6 Å². The van der Waals surface area contributed by atoms with Crippen molar-refractivity contribution >= 4 is 39.1 Å². The fourth-order valence-corrected chi connectivity index (χ4v) is 4.98. The molecule has 11 heteroatoms. The van der Waals surface area contributed by atoms with Gasteiger partial charge in [-0.15, -0.1) is 11.3 Å². The molecule has 198 valence electrons. The highest BCUT2D eigenvalue weighted by atomic mass is 32.1. The molecule has 39 heavy (non-hydrogen) atoms. The van der Waals surface area contributed by atoms with E-state index in [9.17, 15) is 19.2 Å². The maximum absolute atomic E-state index is 13.5. The molecule has 2 N–H and O–H groups in total. The molecule has 0 fully saturated rings. The Morgan fingerprint density at radius 1 is 0.974 bits per heavy atom. The molecule has 2 amide bonds. The van der Waals surface area contributed by atoms with Crippen LogP contribution in [-0.2, 0) is 29.1 Å². The van der Waals surface area contributed by atoms with Gasteiger partial charge in [-0.25, -0.2) is 9.36 Å². The molecule has 0 unspecified atom stereocenters. The maximum atomic E-state index is 13.5. The molecule has 3 heterocycles. The summed E-state index contributed by atoms with van der Waals surface area (Å²) in [6.07, 6.45) is 1.66. The number of fused-ring (bicyclic) bond motifs is 1. The third kappa shape index (κ3) is 5.53. The van der Waals surface area contributed by atoms with Crippen molar-refractivity contribution in [2.24, 2.45) is 0 Å². The summed E-state index contributed by atoms with van der Waals surface area (Å²) < 4.78 is 13.1. The highest BCUT2D eigenvalue weighted by Gasteiger charge is 2.18. The number of hydrogen-bond donors (Lipinski definition) is 2. The number of methoxy groups -OCH3 is 1. The van der Waals surface area contributed by atoms with Gasteiger partial charge in [0.2, 0.25) is 11.8 Å². The predicted octanol–water partition coefficient (Wildman–Crippen LogP) is 3.31. The lowest BCUT2D eigenvalue weighted by Gasteiger charge is -2.14. The Kier molecular flexibility index (Phi) is 7.41. The summed E-state index contributed by atoms with van der Waals surface area (Å²) in [6.45, 7) is -0.0252. The zero-order valence-electron chi connectivity index (χ0n) is 20.9. The molecular weight excluding hydrogens is 520 g/mol. The molecule has 0 spiro atoms. The minimum Gasteiger partial charge on any atom is -0.495 e. The Labute approximate surface area is 226 Å². The van der Waals surface area contributed by atoms with E-state index in [1.54, 1.807) is 72.1 Å². The summed E-state index contributed by atoms with van der Waals surface area (Å²) in [5, 5.41) is 7.24. The van der Waals surface area contributed by atoms with Crippen LogP contribution < -0.4 is 26.6 Å². The van der Waals surface area contributed by atoms with Crippen LogP contribution in [0.5, 0.6) is 5.75 Å². The number of carbonyl (C=O) groups is 2. The van der Waals surface area contributed by atoms with E-state index >= 15 is 0 Å². The van der Waals surface area contributed by atoms with E-state index in [1.165, 1.54) is 29.3 Å². The Morgan fingerprint density at radius 3 is 2.51 bits per heavy atom. The van der Waals surface area contributed by atoms with Crippen molar-refractivity contribution < 1.29 is 18.7 Å². The van der Waals surface area contributed by atoms with E-state index in [1.807, 2.05) is 0 Å². The maximum Gasteiger partial charge on any atom is 0.336 e. The summed E-state index contributed by atoms with van der Waals surface area (Å²) >= 11 is 1.19. The third-order valence-electron chi connectivity index (χ3n) is 6.04. The highest BCUT2D eigenvalue weighted by Crippen LogP contribution is 2.23. The van der Waals surface area contributed by atoms with Gasteiger partial charge < -0.3 is 19.8 Å². The van der Waals surface area contributed by atoms with Crippen molar-refractivity contribution in [3.8, 4) is 11.4 Å². The van der Waals surface area contributed by atoms with Crippen LogP contribution in [-0.4, -0.2) is 28.1 Å². The number of thiophene rings is 1. The van der Waals surface area contributed by atoms with Gasteiger partial charge in [-0.05, 0) is 53.4 Å². The average Bonchev–Trinajstić information content (AvgIpc) is 3.64. The molecule has 0 aliphatic rings. The molecular formula is C28H24N4O6S. The number of para-hydroxylation sites is 2. The average molecular weight is 545 g/mol. The first kappa shape index (κ1) is 25.7. The summed E-state index contributed by atoms with van der Waals surface area (Å²) in [5.41, 5.74) is 0.764. The van der Waals surface area contributed by atoms with Crippen molar-refractivity contribution in [1.29, 1.82) is 0 Å². The summed E-state index contributed by atoms with van der Waals surface area (Å²) in [5.74, 6) is 0.489. The first-order valence-electron chi connectivity index (χ1n) is 12.0. The van der Waals surface area contributed by atoms with Crippen LogP contribution in [0.4, 0.5) is 5.69 Å². The summed E-state index contributed by atoms with van der Waals surface area (Å²) in [4.78, 5) is 52.0. The molecule has 0 atom stereocenters. The Morgan fingerprint density at radius 2 is 1.77 bits per heavy atom. The topological polar surface area (TPSA) is 125 Å². The molecule has 10 nitrogen and oxygen atoms in total. The van der Waals surface area contributed by atoms with Gasteiger partial charge in [0.15, 0.2) is 0 Å². The molecule has 0 saturated heterocycles. The lowest BCUT2D eigenvalue weighted by molar-refractivity contribution is -0.120. The molecule has 3 aromatic heterocycles. The molecule has 2 aromatic carbocycles. The van der Waals surface area contributed by atoms with Gasteiger partial charge in [0.05, 0.1) is 43.2 Å². The van der Waals surface area contributed by atoms with Crippen molar-refractivity contribution in [2.45, 2.75) is 19.5 Å². The Hall–Kier alpha value is -4.90. The predicted molar refractivity (Wildman–Crippen MR) is 148 cm³/mol. The molecule has 5 rings (SSSR count). The number of nitrogens with zero attached hydrogens (tertiary/aromatic N) is 2. The number of furan rings is 1. The molecule has 0 saturated carbocycles. The van der Waals surface area contributed by atoms with E-state index in [0.29, 0.717) is 38.7 Å². The van der Waals surface area contributed by atoms with Crippen molar-refractivity contribution in [2.75, 3.05) is 12.4 Å². The number of anilines is 1.